The molecule has 0 radical (unpaired) electrons. The van der Waals surface area contributed by atoms with Gasteiger partial charge in [-0.1, -0.05) is 42.8 Å². The van der Waals surface area contributed by atoms with Crippen LogP contribution in [-0.4, -0.2) is 6.54 Å². The summed E-state index contributed by atoms with van der Waals surface area (Å²) in [6, 6.07) is 12.9. The van der Waals surface area contributed by atoms with Crippen LogP contribution in [0.5, 0.6) is 0 Å². The maximum absolute atomic E-state index is 6.53. The van der Waals surface area contributed by atoms with Gasteiger partial charge in [-0.15, -0.1) is 0 Å². The van der Waals surface area contributed by atoms with E-state index in [0.717, 1.165) is 23.6 Å². The molecule has 0 saturated carbocycles. The molecular formula is C18H21ClIN. The van der Waals surface area contributed by atoms with Crippen LogP contribution in [0.15, 0.2) is 36.4 Å². The molecule has 0 aliphatic rings. The minimum atomic E-state index is 0.143. The third-order valence-electron chi connectivity index (χ3n) is 3.74. The topological polar surface area (TPSA) is 12.0 Å². The van der Waals surface area contributed by atoms with Crippen molar-refractivity contribution in [1.82, 2.24) is 5.32 Å². The SMILES string of the molecule is CCCNC(c1cc(C)c(C)cc1Cl)c1ccccc1I. The van der Waals surface area contributed by atoms with Gasteiger partial charge in [0, 0.05) is 8.59 Å². The van der Waals surface area contributed by atoms with E-state index in [1.165, 1.54) is 20.3 Å². The molecule has 0 heterocycles. The van der Waals surface area contributed by atoms with Crippen LogP contribution in [-0.2, 0) is 0 Å². The first kappa shape index (κ1) is 16.8. The van der Waals surface area contributed by atoms with E-state index in [1.807, 2.05) is 0 Å². The van der Waals surface area contributed by atoms with Crippen molar-refractivity contribution in [2.24, 2.45) is 0 Å². The predicted octanol–water partition coefficient (Wildman–Crippen LogP) is 5.65. The second-order valence-corrected chi connectivity index (χ2v) is 6.94. The number of rotatable bonds is 5. The molecule has 2 aromatic carbocycles. The monoisotopic (exact) mass is 413 g/mol. The fraction of sp³-hybridized carbons (Fsp3) is 0.333. The van der Waals surface area contributed by atoms with E-state index in [9.17, 15) is 0 Å². The standard InChI is InChI=1S/C18H21ClIN/c1-4-9-21-18(14-7-5-6-8-17(14)20)15-10-12(2)13(3)11-16(15)19/h5-8,10-11,18,21H,4,9H2,1-3H3. The smallest absolute Gasteiger partial charge is 0.0602 e. The summed E-state index contributed by atoms with van der Waals surface area (Å²) in [7, 11) is 0. The average Bonchev–Trinajstić information content (AvgIpc) is 2.46. The van der Waals surface area contributed by atoms with Crippen LogP contribution in [0.25, 0.3) is 0 Å². The van der Waals surface area contributed by atoms with Gasteiger partial charge in [0.25, 0.3) is 0 Å². The minimum absolute atomic E-state index is 0.143. The number of halogens is 2. The highest BCUT2D eigenvalue weighted by Gasteiger charge is 2.19. The van der Waals surface area contributed by atoms with Crippen LogP contribution in [0.4, 0.5) is 0 Å². The fourth-order valence-electron chi connectivity index (χ4n) is 2.41. The van der Waals surface area contributed by atoms with Gasteiger partial charge in [0.2, 0.25) is 0 Å². The van der Waals surface area contributed by atoms with Crippen molar-refractivity contribution in [3.63, 3.8) is 0 Å². The lowest BCUT2D eigenvalue weighted by Crippen LogP contribution is -2.24. The van der Waals surface area contributed by atoms with Crippen LogP contribution in [0.2, 0.25) is 5.02 Å². The Kier molecular flexibility index (Phi) is 6.08. The molecule has 0 aliphatic heterocycles. The quantitative estimate of drug-likeness (QED) is 0.625. The molecule has 21 heavy (non-hydrogen) atoms. The number of nitrogens with one attached hydrogen (secondary N) is 1. The lowest BCUT2D eigenvalue weighted by atomic mass is 9.95. The molecule has 0 aromatic heterocycles. The Morgan fingerprint density at radius 3 is 2.43 bits per heavy atom. The summed E-state index contributed by atoms with van der Waals surface area (Å²) in [4.78, 5) is 0. The zero-order valence-corrected chi connectivity index (χ0v) is 15.6. The molecular weight excluding hydrogens is 393 g/mol. The van der Waals surface area contributed by atoms with Crippen molar-refractivity contribution in [2.45, 2.75) is 33.2 Å². The van der Waals surface area contributed by atoms with Crippen LogP contribution >= 0.6 is 34.2 Å². The molecule has 112 valence electrons. The number of hydrogen-bond donors (Lipinski definition) is 1. The summed E-state index contributed by atoms with van der Waals surface area (Å²) in [6.45, 7) is 7.40. The van der Waals surface area contributed by atoms with Crippen LogP contribution in [0.1, 0.15) is 41.6 Å². The van der Waals surface area contributed by atoms with E-state index >= 15 is 0 Å². The van der Waals surface area contributed by atoms with Gasteiger partial charge in [-0.3, -0.25) is 0 Å². The maximum atomic E-state index is 6.53. The molecule has 0 saturated heterocycles. The van der Waals surface area contributed by atoms with Crippen molar-refractivity contribution in [2.75, 3.05) is 6.54 Å². The Labute approximate surface area is 146 Å². The molecule has 1 nitrogen and oxygen atoms in total. The molecule has 0 amide bonds. The van der Waals surface area contributed by atoms with Crippen LogP contribution < -0.4 is 5.32 Å². The summed E-state index contributed by atoms with van der Waals surface area (Å²) >= 11 is 8.93. The van der Waals surface area contributed by atoms with E-state index in [1.54, 1.807) is 0 Å². The highest BCUT2D eigenvalue weighted by atomic mass is 127. The minimum Gasteiger partial charge on any atom is -0.306 e. The highest BCUT2D eigenvalue weighted by Crippen LogP contribution is 2.32. The van der Waals surface area contributed by atoms with Crippen molar-refractivity contribution in [1.29, 1.82) is 0 Å². The number of hydrogen-bond acceptors (Lipinski definition) is 1. The molecule has 2 rings (SSSR count). The lowest BCUT2D eigenvalue weighted by molar-refractivity contribution is 0.596. The molecule has 0 aliphatic carbocycles. The Morgan fingerprint density at radius 2 is 1.76 bits per heavy atom. The summed E-state index contributed by atoms with van der Waals surface area (Å²) in [5, 5.41) is 4.48. The first-order chi connectivity index (χ1) is 10.0. The van der Waals surface area contributed by atoms with Gasteiger partial charge in [-0.2, -0.15) is 0 Å². The van der Waals surface area contributed by atoms with Crippen LogP contribution in [0.3, 0.4) is 0 Å². The number of benzene rings is 2. The Hall–Kier alpha value is -0.580. The fourth-order valence-corrected chi connectivity index (χ4v) is 3.44. The van der Waals surface area contributed by atoms with Crippen LogP contribution in [0, 0.1) is 17.4 Å². The summed E-state index contributed by atoms with van der Waals surface area (Å²) in [6.07, 6.45) is 1.10. The molecule has 1 N–H and O–H groups in total. The zero-order chi connectivity index (χ0) is 15.4. The van der Waals surface area contributed by atoms with Gasteiger partial charge in [0.1, 0.15) is 0 Å². The summed E-state index contributed by atoms with van der Waals surface area (Å²) in [5.41, 5.74) is 4.97. The van der Waals surface area contributed by atoms with Gasteiger partial charge in [-0.25, -0.2) is 0 Å². The first-order valence-electron chi connectivity index (χ1n) is 7.29. The zero-order valence-electron chi connectivity index (χ0n) is 12.7. The second kappa shape index (κ2) is 7.61. The van der Waals surface area contributed by atoms with E-state index in [2.05, 4.69) is 85.1 Å². The Balaban J connectivity index is 2.51. The molecule has 0 bridgehead atoms. The summed E-state index contributed by atoms with van der Waals surface area (Å²) < 4.78 is 1.26. The van der Waals surface area contributed by atoms with Crippen molar-refractivity contribution >= 4 is 34.2 Å². The summed E-state index contributed by atoms with van der Waals surface area (Å²) in [5.74, 6) is 0. The van der Waals surface area contributed by atoms with E-state index in [4.69, 9.17) is 11.6 Å². The third kappa shape index (κ3) is 3.99. The van der Waals surface area contributed by atoms with E-state index in [-0.39, 0.29) is 6.04 Å². The van der Waals surface area contributed by atoms with E-state index < -0.39 is 0 Å². The molecule has 3 heteroatoms. The molecule has 2 aromatic rings. The molecule has 1 atom stereocenters. The Bertz CT molecular complexity index is 625. The van der Waals surface area contributed by atoms with Crippen molar-refractivity contribution in [3.05, 3.63) is 67.2 Å². The molecule has 0 fully saturated rings. The molecule has 0 spiro atoms. The third-order valence-corrected chi connectivity index (χ3v) is 5.05. The maximum Gasteiger partial charge on any atom is 0.0602 e. The Morgan fingerprint density at radius 1 is 1.10 bits per heavy atom. The largest absolute Gasteiger partial charge is 0.306 e. The second-order valence-electron chi connectivity index (χ2n) is 5.37. The van der Waals surface area contributed by atoms with Gasteiger partial charge < -0.3 is 5.32 Å². The van der Waals surface area contributed by atoms with Crippen molar-refractivity contribution < 1.29 is 0 Å². The van der Waals surface area contributed by atoms with E-state index in [0.29, 0.717) is 0 Å². The lowest BCUT2D eigenvalue weighted by Gasteiger charge is -2.23. The first-order valence-corrected chi connectivity index (χ1v) is 8.74. The normalized spacial score (nSPS) is 12.4. The van der Waals surface area contributed by atoms with Gasteiger partial charge >= 0.3 is 0 Å². The average molecular weight is 414 g/mol. The van der Waals surface area contributed by atoms with Gasteiger partial charge in [0.15, 0.2) is 0 Å². The van der Waals surface area contributed by atoms with Crippen molar-refractivity contribution in [3.8, 4) is 0 Å². The van der Waals surface area contributed by atoms with Gasteiger partial charge in [-0.05, 0) is 83.8 Å². The highest BCUT2D eigenvalue weighted by molar-refractivity contribution is 14.1. The predicted molar refractivity (Wildman–Crippen MR) is 100 cm³/mol. The number of aryl methyl sites for hydroxylation is 2. The van der Waals surface area contributed by atoms with Gasteiger partial charge in [0.05, 0.1) is 6.04 Å². The molecule has 1 unspecified atom stereocenters.